The summed E-state index contributed by atoms with van der Waals surface area (Å²) in [6.07, 6.45) is 0. The number of hydrogen-bond donors (Lipinski definition) is 2. The van der Waals surface area contributed by atoms with Gasteiger partial charge in [-0.25, -0.2) is 0 Å². The molecule has 0 heterocycles. The van der Waals surface area contributed by atoms with Gasteiger partial charge in [-0.05, 0) is 13.1 Å². The lowest BCUT2D eigenvalue weighted by Gasteiger charge is -1.99. The van der Waals surface area contributed by atoms with Crippen LogP contribution >= 0.6 is 37.2 Å². The molecule has 0 rings (SSSR count). The molecule has 0 spiro atoms. The Morgan fingerprint density at radius 2 is 1.20 bits per heavy atom. The molecule has 0 aromatic rings. The predicted octanol–water partition coefficient (Wildman–Crippen LogP) is 1.98. The fourth-order valence-corrected chi connectivity index (χ4v) is 0.530. The van der Waals surface area contributed by atoms with Gasteiger partial charge in [-0.2, -0.15) is 0 Å². The van der Waals surface area contributed by atoms with Crippen molar-refractivity contribution >= 4 is 37.2 Å². The van der Waals surface area contributed by atoms with E-state index in [0.29, 0.717) is 0 Å². The third-order valence-corrected chi connectivity index (χ3v) is 0.979. The molecule has 0 aromatic heterocycles. The molecule has 0 aliphatic heterocycles. The summed E-state index contributed by atoms with van der Waals surface area (Å²) >= 11 is 4.24. The van der Waals surface area contributed by atoms with Crippen LogP contribution in [0.25, 0.3) is 0 Å². The minimum atomic E-state index is 1.07. The van der Waals surface area contributed by atoms with Gasteiger partial charge in [0.25, 0.3) is 0 Å². The summed E-state index contributed by atoms with van der Waals surface area (Å²) in [5.41, 5.74) is 0. The van der Waals surface area contributed by atoms with E-state index in [4.69, 9.17) is 0 Å². The van der Waals surface area contributed by atoms with Crippen molar-refractivity contribution in [3.05, 3.63) is 0 Å². The van der Waals surface area contributed by atoms with Crippen molar-refractivity contribution in [2.75, 3.05) is 26.2 Å². The Balaban J connectivity index is 0. The van der Waals surface area contributed by atoms with E-state index in [0.717, 1.165) is 26.2 Å². The Bertz CT molecular complexity index is 38.7. The largest absolute Gasteiger partial charge is 0.316 e. The summed E-state index contributed by atoms with van der Waals surface area (Å²) in [5, 5.41) is 6.44. The normalized spacial score (nSPS) is 8.40. The molecule has 0 aromatic carbocycles. The van der Waals surface area contributed by atoms with Crippen LogP contribution in [0, 0.1) is 0 Å². The summed E-state index contributed by atoms with van der Waals surface area (Å²) in [4.78, 5) is 0. The zero-order chi connectivity index (χ0) is 8.24. The molecule has 0 fully saturated rings. The number of hydrogen-bond acceptors (Lipinski definition) is 2. The van der Waals surface area contributed by atoms with E-state index < -0.39 is 0 Å². The second-order valence-corrected chi connectivity index (χ2v) is 1.71. The van der Waals surface area contributed by atoms with Gasteiger partial charge in [0.1, 0.15) is 0 Å². The average molecular weight is 370 g/mol. The van der Waals surface area contributed by atoms with Crippen LogP contribution in [-0.4, -0.2) is 26.2 Å². The van der Waals surface area contributed by atoms with Crippen LogP contribution < -0.4 is 10.6 Å². The molecular formula is C6H16I2N2. The van der Waals surface area contributed by atoms with Gasteiger partial charge in [0, 0.05) is 50.3 Å². The van der Waals surface area contributed by atoms with Gasteiger partial charge in [0.05, 0.1) is 0 Å². The first-order valence-corrected chi connectivity index (χ1v) is 9.76. The predicted molar refractivity (Wildman–Crippen MR) is 65.1 cm³/mol. The quantitative estimate of drug-likeness (QED) is 0.572. The molecule has 4 heteroatoms. The lowest BCUT2D eigenvalue weighted by Crippen LogP contribution is -2.26. The number of rotatable bonds is 5. The van der Waals surface area contributed by atoms with E-state index in [1.165, 1.54) is 0 Å². The van der Waals surface area contributed by atoms with E-state index in [1.54, 1.807) is 0 Å². The van der Waals surface area contributed by atoms with Gasteiger partial charge in [-0.15, -0.1) is 0 Å². The van der Waals surface area contributed by atoms with Crippen LogP contribution in [0.15, 0.2) is 0 Å². The second-order valence-electron chi connectivity index (χ2n) is 1.71. The van der Waals surface area contributed by atoms with Crippen molar-refractivity contribution in [1.29, 1.82) is 0 Å². The average Bonchev–Trinajstić information content (AvgIpc) is 2.02. The Morgan fingerprint density at radius 1 is 0.900 bits per heavy atom. The summed E-state index contributed by atoms with van der Waals surface area (Å²) in [5.74, 6) is 0. The van der Waals surface area contributed by atoms with E-state index >= 15 is 0 Å². The van der Waals surface area contributed by atoms with Gasteiger partial charge >= 0.3 is 0 Å². The SMILES string of the molecule is CCNCCNCC.II. The molecule has 0 bridgehead atoms. The van der Waals surface area contributed by atoms with Crippen molar-refractivity contribution in [3.8, 4) is 0 Å². The monoisotopic (exact) mass is 370 g/mol. The molecule has 0 saturated carbocycles. The first-order chi connectivity index (χ1) is 4.91. The molecular weight excluding hydrogens is 354 g/mol. The highest BCUT2D eigenvalue weighted by Crippen LogP contribution is 1.89. The first kappa shape index (κ1) is 13.9. The summed E-state index contributed by atoms with van der Waals surface area (Å²) < 4.78 is 0. The van der Waals surface area contributed by atoms with Gasteiger partial charge in [0.2, 0.25) is 0 Å². The molecule has 0 amide bonds. The fraction of sp³-hybridized carbons (Fsp3) is 1.00. The van der Waals surface area contributed by atoms with Gasteiger partial charge < -0.3 is 10.6 Å². The summed E-state index contributed by atoms with van der Waals surface area (Å²) in [7, 11) is 0. The standard InChI is InChI=1S/C6H16N2.I2/c1-3-7-5-6-8-4-2;1-2/h7-8H,3-6H2,1-2H3;. The smallest absolute Gasteiger partial charge is 0.00766 e. The van der Waals surface area contributed by atoms with Crippen molar-refractivity contribution in [1.82, 2.24) is 10.6 Å². The number of halogens is 2. The summed E-state index contributed by atoms with van der Waals surface area (Å²) in [6, 6.07) is 0. The van der Waals surface area contributed by atoms with Crippen LogP contribution in [0.3, 0.4) is 0 Å². The Labute approximate surface area is 87.2 Å². The molecule has 0 radical (unpaired) electrons. The second kappa shape index (κ2) is 16.8. The van der Waals surface area contributed by atoms with E-state index in [9.17, 15) is 0 Å². The Morgan fingerprint density at radius 3 is 1.40 bits per heavy atom. The zero-order valence-corrected chi connectivity index (χ0v) is 10.9. The van der Waals surface area contributed by atoms with Crippen molar-refractivity contribution in [2.45, 2.75) is 13.8 Å². The topological polar surface area (TPSA) is 24.1 Å². The van der Waals surface area contributed by atoms with E-state index in [-0.39, 0.29) is 0 Å². The van der Waals surface area contributed by atoms with Crippen molar-refractivity contribution < 1.29 is 0 Å². The highest BCUT2D eigenvalue weighted by molar-refractivity contribution is 15.0. The van der Waals surface area contributed by atoms with Crippen LogP contribution in [0.5, 0.6) is 0 Å². The third kappa shape index (κ3) is 16.2. The van der Waals surface area contributed by atoms with Crippen LogP contribution in [0.2, 0.25) is 0 Å². The molecule has 2 N–H and O–H groups in total. The van der Waals surface area contributed by atoms with Crippen molar-refractivity contribution in [2.24, 2.45) is 0 Å². The number of likely N-dealkylation sites (N-methyl/N-ethyl adjacent to an activating group) is 2. The highest BCUT2D eigenvalue weighted by atomic mass is 128. The van der Waals surface area contributed by atoms with Crippen LogP contribution in [0.4, 0.5) is 0 Å². The minimum Gasteiger partial charge on any atom is -0.316 e. The van der Waals surface area contributed by atoms with Crippen LogP contribution in [-0.2, 0) is 0 Å². The summed E-state index contributed by atoms with van der Waals surface area (Å²) in [6.45, 7) is 8.56. The Hall–Kier alpha value is 1.38. The first-order valence-electron chi connectivity index (χ1n) is 3.47. The maximum atomic E-state index is 3.22. The maximum Gasteiger partial charge on any atom is 0.00766 e. The molecule has 0 aliphatic rings. The van der Waals surface area contributed by atoms with Gasteiger partial charge in [-0.1, -0.05) is 13.8 Å². The Kier molecular flexibility index (Phi) is 23.4. The molecule has 10 heavy (non-hydrogen) atoms. The minimum absolute atomic E-state index is 1.07. The fourth-order valence-electron chi connectivity index (χ4n) is 0.530. The number of nitrogens with one attached hydrogen (secondary N) is 2. The lowest BCUT2D eigenvalue weighted by molar-refractivity contribution is 0.641. The zero-order valence-electron chi connectivity index (χ0n) is 6.58. The third-order valence-electron chi connectivity index (χ3n) is 0.979. The molecule has 0 unspecified atom stereocenters. The molecule has 64 valence electrons. The van der Waals surface area contributed by atoms with Gasteiger partial charge in [-0.3, -0.25) is 0 Å². The molecule has 0 saturated heterocycles. The molecule has 2 nitrogen and oxygen atoms in total. The maximum absolute atomic E-state index is 3.22. The van der Waals surface area contributed by atoms with Crippen LogP contribution in [0.1, 0.15) is 13.8 Å². The lowest BCUT2D eigenvalue weighted by atomic mass is 10.6. The highest BCUT2D eigenvalue weighted by Gasteiger charge is 1.79. The van der Waals surface area contributed by atoms with E-state index in [2.05, 4.69) is 61.7 Å². The molecule has 0 aliphatic carbocycles. The molecule has 0 atom stereocenters. The van der Waals surface area contributed by atoms with Gasteiger partial charge in [0.15, 0.2) is 0 Å². The van der Waals surface area contributed by atoms with Crippen molar-refractivity contribution in [3.63, 3.8) is 0 Å². The van der Waals surface area contributed by atoms with E-state index in [1.807, 2.05) is 0 Å².